The Morgan fingerprint density at radius 2 is 1.80 bits per heavy atom. The van der Waals surface area contributed by atoms with Crippen LogP contribution in [0.5, 0.6) is 11.5 Å². The largest absolute Gasteiger partial charge is 0.456 e. The van der Waals surface area contributed by atoms with Gasteiger partial charge in [0.2, 0.25) is 0 Å². The molecule has 0 N–H and O–H groups in total. The van der Waals surface area contributed by atoms with Crippen molar-refractivity contribution in [2.24, 2.45) is 0 Å². The average molecular weight is 306 g/mol. The van der Waals surface area contributed by atoms with Crippen LogP contribution in [0.3, 0.4) is 0 Å². The first-order chi connectivity index (χ1) is 9.51. The van der Waals surface area contributed by atoms with Gasteiger partial charge < -0.3 is 4.74 Å². The van der Waals surface area contributed by atoms with E-state index < -0.39 is 0 Å². The Bertz CT molecular complexity index is 675. The van der Waals surface area contributed by atoms with Gasteiger partial charge in [-0.05, 0) is 35.7 Å². The summed E-state index contributed by atoms with van der Waals surface area (Å²) in [5.74, 6) is 1.52. The van der Waals surface area contributed by atoms with Gasteiger partial charge in [-0.3, -0.25) is 0 Å². The van der Waals surface area contributed by atoms with E-state index >= 15 is 0 Å². The van der Waals surface area contributed by atoms with Crippen LogP contribution in [-0.2, 0) is 0 Å². The maximum absolute atomic E-state index is 8.84. The third-order valence-corrected chi connectivity index (χ3v) is 3.54. The molecule has 2 aromatic carbocycles. The summed E-state index contributed by atoms with van der Waals surface area (Å²) in [6, 6.07) is 12.6. The minimum absolute atomic E-state index is 0.362. The molecule has 0 bridgehead atoms. The number of rotatable bonds is 3. The lowest BCUT2D eigenvalue weighted by Gasteiger charge is -2.12. The van der Waals surface area contributed by atoms with Crippen molar-refractivity contribution in [2.75, 3.05) is 0 Å². The van der Waals surface area contributed by atoms with E-state index in [2.05, 4.69) is 13.8 Å². The molecule has 2 rings (SSSR count). The standard InChI is InChI=1S/C16H13Cl2NO/c1-10(2)11-4-6-14(17)16(7-11)20-13-5-3-12(9-19)15(18)8-13/h3-8,10H,1-2H3. The van der Waals surface area contributed by atoms with Crippen LogP contribution in [0.2, 0.25) is 10.0 Å². The summed E-state index contributed by atoms with van der Waals surface area (Å²) in [5.41, 5.74) is 1.56. The molecule has 0 amide bonds. The van der Waals surface area contributed by atoms with E-state index in [1.807, 2.05) is 24.3 Å². The third-order valence-electron chi connectivity index (χ3n) is 2.91. The number of nitriles is 1. The SMILES string of the molecule is CC(C)c1ccc(Cl)c(Oc2ccc(C#N)c(Cl)c2)c1. The molecule has 0 spiro atoms. The highest BCUT2D eigenvalue weighted by Crippen LogP contribution is 2.33. The van der Waals surface area contributed by atoms with E-state index in [1.165, 1.54) is 0 Å². The normalized spacial score (nSPS) is 10.4. The molecule has 0 fully saturated rings. The van der Waals surface area contributed by atoms with Gasteiger partial charge in [0.1, 0.15) is 17.6 Å². The minimum Gasteiger partial charge on any atom is -0.456 e. The Balaban J connectivity index is 2.32. The second kappa shape index (κ2) is 6.17. The molecule has 0 atom stereocenters. The number of hydrogen-bond donors (Lipinski definition) is 0. The first-order valence-corrected chi connectivity index (χ1v) is 6.94. The number of hydrogen-bond acceptors (Lipinski definition) is 2. The van der Waals surface area contributed by atoms with Crippen molar-refractivity contribution in [3.05, 3.63) is 57.6 Å². The monoisotopic (exact) mass is 305 g/mol. The molecule has 0 aliphatic carbocycles. The van der Waals surface area contributed by atoms with E-state index in [9.17, 15) is 0 Å². The fraction of sp³-hybridized carbons (Fsp3) is 0.188. The zero-order chi connectivity index (χ0) is 14.7. The lowest BCUT2D eigenvalue weighted by molar-refractivity contribution is 0.482. The molecule has 0 saturated heterocycles. The van der Waals surface area contributed by atoms with Crippen LogP contribution in [0.15, 0.2) is 36.4 Å². The van der Waals surface area contributed by atoms with Gasteiger partial charge in [-0.1, -0.05) is 43.1 Å². The molecule has 0 unspecified atom stereocenters. The second-order valence-electron chi connectivity index (χ2n) is 4.70. The molecule has 0 aromatic heterocycles. The van der Waals surface area contributed by atoms with Gasteiger partial charge in [-0.2, -0.15) is 5.26 Å². The summed E-state index contributed by atoms with van der Waals surface area (Å²) in [4.78, 5) is 0. The topological polar surface area (TPSA) is 33.0 Å². The van der Waals surface area contributed by atoms with Crippen molar-refractivity contribution in [3.8, 4) is 17.6 Å². The highest BCUT2D eigenvalue weighted by atomic mass is 35.5. The number of ether oxygens (including phenoxy) is 1. The highest BCUT2D eigenvalue weighted by molar-refractivity contribution is 6.32. The molecule has 102 valence electrons. The van der Waals surface area contributed by atoms with Crippen molar-refractivity contribution >= 4 is 23.2 Å². The van der Waals surface area contributed by atoms with Crippen molar-refractivity contribution in [3.63, 3.8) is 0 Å². The number of halogens is 2. The Kier molecular flexibility index (Phi) is 4.54. The maximum Gasteiger partial charge on any atom is 0.146 e. The molecule has 0 heterocycles. The molecule has 2 aromatic rings. The van der Waals surface area contributed by atoms with Crippen LogP contribution >= 0.6 is 23.2 Å². The summed E-state index contributed by atoms with van der Waals surface area (Å²) in [7, 11) is 0. The zero-order valence-corrected chi connectivity index (χ0v) is 12.7. The molecule has 0 saturated carbocycles. The first kappa shape index (κ1) is 14.7. The summed E-state index contributed by atoms with van der Waals surface area (Å²) >= 11 is 12.1. The van der Waals surface area contributed by atoms with Crippen LogP contribution in [0.25, 0.3) is 0 Å². The van der Waals surface area contributed by atoms with Crippen LogP contribution in [-0.4, -0.2) is 0 Å². The lowest BCUT2D eigenvalue weighted by Crippen LogP contribution is -1.91. The van der Waals surface area contributed by atoms with Crippen LogP contribution in [0, 0.1) is 11.3 Å². The predicted molar refractivity (Wildman–Crippen MR) is 81.8 cm³/mol. The Labute approximate surface area is 128 Å². The van der Waals surface area contributed by atoms with Gasteiger partial charge in [-0.15, -0.1) is 0 Å². The van der Waals surface area contributed by atoms with Gasteiger partial charge in [0.25, 0.3) is 0 Å². The molecule has 20 heavy (non-hydrogen) atoms. The smallest absolute Gasteiger partial charge is 0.146 e. The van der Waals surface area contributed by atoms with Gasteiger partial charge in [-0.25, -0.2) is 0 Å². The third kappa shape index (κ3) is 3.25. The van der Waals surface area contributed by atoms with E-state index in [4.69, 9.17) is 33.2 Å². The van der Waals surface area contributed by atoms with Gasteiger partial charge >= 0.3 is 0 Å². The highest BCUT2D eigenvalue weighted by Gasteiger charge is 2.08. The molecular weight excluding hydrogens is 293 g/mol. The molecule has 2 nitrogen and oxygen atoms in total. The number of nitrogens with zero attached hydrogens (tertiary/aromatic N) is 1. The zero-order valence-electron chi connectivity index (χ0n) is 11.2. The van der Waals surface area contributed by atoms with Gasteiger partial charge in [0.05, 0.1) is 15.6 Å². The average Bonchev–Trinajstić information content (AvgIpc) is 2.41. The Morgan fingerprint density at radius 3 is 2.40 bits per heavy atom. The Morgan fingerprint density at radius 1 is 1.05 bits per heavy atom. The summed E-state index contributed by atoms with van der Waals surface area (Å²) in [6.45, 7) is 4.21. The fourth-order valence-corrected chi connectivity index (χ4v) is 2.10. The van der Waals surface area contributed by atoms with Gasteiger partial charge in [0.15, 0.2) is 0 Å². The first-order valence-electron chi connectivity index (χ1n) is 6.18. The Hall–Kier alpha value is -1.69. The summed E-state index contributed by atoms with van der Waals surface area (Å²) < 4.78 is 5.75. The number of benzene rings is 2. The van der Waals surface area contributed by atoms with Crippen molar-refractivity contribution in [2.45, 2.75) is 19.8 Å². The van der Waals surface area contributed by atoms with E-state index in [-0.39, 0.29) is 0 Å². The molecular formula is C16H13Cl2NO. The van der Waals surface area contributed by atoms with Crippen LogP contribution in [0.4, 0.5) is 0 Å². The van der Waals surface area contributed by atoms with Crippen molar-refractivity contribution in [1.29, 1.82) is 5.26 Å². The summed E-state index contributed by atoms with van der Waals surface area (Å²) in [6.07, 6.45) is 0. The van der Waals surface area contributed by atoms with E-state index in [1.54, 1.807) is 18.2 Å². The fourth-order valence-electron chi connectivity index (χ4n) is 1.73. The van der Waals surface area contributed by atoms with Crippen molar-refractivity contribution in [1.82, 2.24) is 0 Å². The molecule has 4 heteroatoms. The molecule has 0 aliphatic heterocycles. The quantitative estimate of drug-likeness (QED) is 0.720. The molecule has 0 aliphatic rings. The second-order valence-corrected chi connectivity index (χ2v) is 5.51. The van der Waals surface area contributed by atoms with Crippen molar-refractivity contribution < 1.29 is 4.74 Å². The minimum atomic E-state index is 0.362. The van der Waals surface area contributed by atoms with Crippen LogP contribution in [0.1, 0.15) is 30.9 Å². The molecule has 0 radical (unpaired) electrons. The van der Waals surface area contributed by atoms with E-state index in [0.717, 1.165) is 5.56 Å². The van der Waals surface area contributed by atoms with E-state index in [0.29, 0.717) is 33.0 Å². The van der Waals surface area contributed by atoms with Gasteiger partial charge in [0, 0.05) is 6.07 Å². The predicted octanol–water partition coefficient (Wildman–Crippen LogP) is 5.78. The maximum atomic E-state index is 8.84. The summed E-state index contributed by atoms with van der Waals surface area (Å²) in [5, 5.41) is 9.74. The van der Waals surface area contributed by atoms with Crippen LogP contribution < -0.4 is 4.74 Å². The lowest BCUT2D eigenvalue weighted by atomic mass is 10.0.